The molecule has 1 aromatic heterocycles. The van der Waals surface area contributed by atoms with Gasteiger partial charge in [0.15, 0.2) is 0 Å². The molecule has 3 heterocycles. The largest absolute Gasteiger partial charge is 0.472 e. The number of aromatic nitrogens is 1. The number of rotatable bonds is 7. The first-order valence-electron chi connectivity index (χ1n) is 17.8. The molecule has 1 unspecified atom stereocenters. The fraction of sp³-hybridized carbons (Fsp3) is 0.611. The van der Waals surface area contributed by atoms with Crippen molar-refractivity contribution in [3.63, 3.8) is 0 Å². The Kier molecular flexibility index (Phi) is 10.4. The highest BCUT2D eigenvalue weighted by Gasteiger charge is 2.62. The molecule has 2 saturated carbocycles. The Hall–Kier alpha value is -3.72. The van der Waals surface area contributed by atoms with Gasteiger partial charge < -0.3 is 15.0 Å². The van der Waals surface area contributed by atoms with Crippen LogP contribution >= 0.6 is 0 Å². The normalized spacial score (nSPS) is 29.3. The van der Waals surface area contributed by atoms with Crippen molar-refractivity contribution < 1.29 is 40.7 Å². The first-order chi connectivity index (χ1) is 24.1. The second-order valence-corrected chi connectivity index (χ2v) is 16.7. The predicted molar refractivity (Wildman–Crippen MR) is 184 cm³/mol. The van der Waals surface area contributed by atoms with E-state index in [1.807, 2.05) is 24.3 Å². The minimum atomic E-state index is -4.61. The Bertz CT molecular complexity index is 1780. The number of sulfonamides is 1. The summed E-state index contributed by atoms with van der Waals surface area (Å²) in [7, 11) is -3.93. The van der Waals surface area contributed by atoms with Crippen LogP contribution in [-0.4, -0.2) is 83.8 Å². The van der Waals surface area contributed by atoms with E-state index >= 15 is 0 Å². The van der Waals surface area contributed by atoms with Crippen LogP contribution in [-0.2, 0) is 30.8 Å². The number of nitrogens with one attached hydrogen (secondary N) is 3. The predicted octanol–water partition coefficient (Wildman–Crippen LogP) is 4.30. The third-order valence-corrected chi connectivity index (χ3v) is 12.4. The lowest BCUT2D eigenvalue weighted by Crippen LogP contribution is -2.60. The summed E-state index contributed by atoms with van der Waals surface area (Å²) in [4.78, 5) is 47.6. The number of halogens is 3. The van der Waals surface area contributed by atoms with Gasteiger partial charge in [-0.2, -0.15) is 13.2 Å². The highest BCUT2D eigenvalue weighted by Crippen LogP contribution is 2.45. The quantitative estimate of drug-likeness (QED) is 0.357. The number of ether oxygens (including phenoxy) is 1. The second-order valence-electron chi connectivity index (χ2n) is 14.8. The molecule has 3 fully saturated rings. The van der Waals surface area contributed by atoms with E-state index in [0.29, 0.717) is 31.6 Å². The van der Waals surface area contributed by atoms with Crippen molar-refractivity contribution in [1.29, 1.82) is 0 Å². The van der Waals surface area contributed by atoms with E-state index in [0.717, 1.165) is 35.6 Å². The van der Waals surface area contributed by atoms with Gasteiger partial charge in [-0.1, -0.05) is 51.3 Å². The molecular weight excluding hydrogens is 687 g/mol. The smallest absolute Gasteiger partial charge is 0.403 e. The van der Waals surface area contributed by atoms with Gasteiger partial charge in [-0.15, -0.1) is 6.58 Å². The average molecular weight is 734 g/mol. The van der Waals surface area contributed by atoms with Crippen LogP contribution in [0, 0.1) is 11.8 Å². The molecule has 6 rings (SSSR count). The van der Waals surface area contributed by atoms with Gasteiger partial charge in [0, 0.05) is 23.9 Å². The van der Waals surface area contributed by atoms with Gasteiger partial charge in [0.05, 0.1) is 17.8 Å². The van der Waals surface area contributed by atoms with E-state index < -0.39 is 80.8 Å². The van der Waals surface area contributed by atoms with Crippen LogP contribution in [0.3, 0.4) is 0 Å². The molecule has 51 heavy (non-hydrogen) atoms. The average Bonchev–Trinajstić information content (AvgIpc) is 3.99. The van der Waals surface area contributed by atoms with E-state index in [1.165, 1.54) is 11.0 Å². The number of benzene rings is 1. The van der Waals surface area contributed by atoms with Crippen LogP contribution in [0.1, 0.15) is 77.2 Å². The minimum absolute atomic E-state index is 0.0420. The zero-order valence-electron chi connectivity index (χ0n) is 28.9. The Morgan fingerprint density at radius 1 is 1.14 bits per heavy atom. The molecule has 3 N–H and O–H groups in total. The van der Waals surface area contributed by atoms with Gasteiger partial charge in [0.25, 0.3) is 5.91 Å². The lowest BCUT2D eigenvalue weighted by molar-refractivity contribution is -0.163. The van der Waals surface area contributed by atoms with Crippen molar-refractivity contribution in [3.05, 3.63) is 48.7 Å². The van der Waals surface area contributed by atoms with Gasteiger partial charge >= 0.3 is 6.18 Å². The minimum Gasteiger partial charge on any atom is -0.472 e. The van der Waals surface area contributed by atoms with Gasteiger partial charge in [-0.25, -0.2) is 13.4 Å². The van der Waals surface area contributed by atoms with E-state index in [2.05, 4.69) is 26.9 Å². The topological polar surface area (TPSA) is 147 Å². The fourth-order valence-electron chi connectivity index (χ4n) is 7.31. The zero-order chi connectivity index (χ0) is 36.7. The van der Waals surface area contributed by atoms with Crippen molar-refractivity contribution in [2.45, 2.75) is 119 Å². The lowest BCUT2D eigenvalue weighted by Gasteiger charge is -2.34. The van der Waals surface area contributed by atoms with Gasteiger partial charge in [0.1, 0.15) is 23.7 Å². The molecule has 15 heteroatoms. The Labute approximate surface area is 296 Å². The molecule has 3 amide bonds. The molecule has 1 saturated heterocycles. The Balaban J connectivity index is 1.33. The van der Waals surface area contributed by atoms with E-state index in [1.54, 1.807) is 20.0 Å². The molecule has 2 aliphatic carbocycles. The van der Waals surface area contributed by atoms with Crippen LogP contribution in [0.25, 0.3) is 10.8 Å². The maximum absolute atomic E-state index is 14.4. The molecule has 0 radical (unpaired) electrons. The zero-order valence-corrected chi connectivity index (χ0v) is 29.7. The monoisotopic (exact) mass is 733 g/mol. The molecule has 2 aromatic rings. The molecular formula is C36H46F3N5O6S. The maximum atomic E-state index is 14.4. The van der Waals surface area contributed by atoms with Gasteiger partial charge in [-0.05, 0) is 67.5 Å². The lowest BCUT2D eigenvalue weighted by atomic mass is 9.98. The summed E-state index contributed by atoms with van der Waals surface area (Å²) >= 11 is 0. The fourth-order valence-corrected chi connectivity index (χ4v) is 8.67. The van der Waals surface area contributed by atoms with Crippen LogP contribution in [0.2, 0.25) is 0 Å². The summed E-state index contributed by atoms with van der Waals surface area (Å²) < 4.78 is 76.9. The molecule has 1 aromatic carbocycles. The number of alkyl halides is 3. The Morgan fingerprint density at radius 3 is 2.55 bits per heavy atom. The third kappa shape index (κ3) is 8.03. The van der Waals surface area contributed by atoms with Crippen molar-refractivity contribution in [2.75, 3.05) is 6.54 Å². The maximum Gasteiger partial charge on any atom is 0.403 e. The highest BCUT2D eigenvalue weighted by molar-refractivity contribution is 7.91. The van der Waals surface area contributed by atoms with Crippen molar-refractivity contribution >= 4 is 38.5 Å². The van der Waals surface area contributed by atoms with Crippen molar-refractivity contribution in [3.8, 4) is 5.88 Å². The first-order valence-corrected chi connectivity index (χ1v) is 19.4. The number of amides is 3. The van der Waals surface area contributed by atoms with Crippen LogP contribution in [0.4, 0.5) is 13.2 Å². The molecule has 0 spiro atoms. The van der Waals surface area contributed by atoms with Crippen molar-refractivity contribution in [2.24, 2.45) is 11.8 Å². The number of nitrogens with zero attached hydrogens (tertiary/aromatic N) is 2. The standard InChI is InChI=1S/C36H46F3N5O6S/c1-4-24-19-35(24,34(47)43-51(48,49)26-13-14-26)42-31(45)28-18-25-20-44(28)33(46)30(21(2)3)41-29(36(37,38)39)10-8-6-5-7-9-22-11-12-23-15-16-40-32(50-25)27(23)17-22/h4,11-12,15-17,21,24-26,28-30,41H,1,5-10,13-14,18-20H2,2-3H3,(H,42,45)(H,43,47)/t24-,25-,28+,29?,30+,35-/m1/s1. The molecule has 4 bridgehead atoms. The molecule has 4 aliphatic rings. The first kappa shape index (κ1) is 37.1. The second kappa shape index (κ2) is 14.4. The molecule has 11 nitrogen and oxygen atoms in total. The van der Waals surface area contributed by atoms with E-state index in [-0.39, 0.29) is 25.8 Å². The van der Waals surface area contributed by atoms with Gasteiger partial charge in [-0.3, -0.25) is 24.4 Å². The molecule has 2 aliphatic heterocycles. The summed E-state index contributed by atoms with van der Waals surface area (Å²) in [6, 6.07) is 3.35. The summed E-state index contributed by atoms with van der Waals surface area (Å²) in [6.45, 7) is 6.89. The number of pyridine rings is 1. The number of fused-ring (bicyclic) bond motifs is 3. The summed E-state index contributed by atoms with van der Waals surface area (Å²) in [5.74, 6) is -3.17. The van der Waals surface area contributed by atoms with Gasteiger partial charge in [0.2, 0.25) is 27.7 Å². The number of hydrogen-bond donors (Lipinski definition) is 3. The van der Waals surface area contributed by atoms with E-state index in [9.17, 15) is 36.0 Å². The number of hydrogen-bond acceptors (Lipinski definition) is 8. The third-order valence-electron chi connectivity index (χ3n) is 10.6. The van der Waals surface area contributed by atoms with E-state index in [4.69, 9.17) is 4.74 Å². The SMILES string of the molecule is C=C[C@@H]1C[C@]1(NC(=O)[C@@H]1C[C@@H]2CN1C(=O)[C@H](C(C)C)NC(C(F)(F)F)CCCCCCc1ccc3ccnc(c3c1)O2)C(=O)NS(=O)(=O)C1CC1. The van der Waals surface area contributed by atoms with Crippen LogP contribution in [0.15, 0.2) is 43.1 Å². The Morgan fingerprint density at radius 2 is 1.88 bits per heavy atom. The number of aryl methyl sites for hydroxylation is 1. The highest BCUT2D eigenvalue weighted by atomic mass is 32.2. The van der Waals surface area contributed by atoms with Crippen LogP contribution < -0.4 is 20.1 Å². The molecule has 6 atom stereocenters. The summed E-state index contributed by atoms with van der Waals surface area (Å²) in [5, 5.41) is 6.30. The number of carbonyl (C=O) groups is 3. The summed E-state index contributed by atoms with van der Waals surface area (Å²) in [5.41, 5.74) is -0.573. The molecule has 278 valence electrons. The van der Waals surface area contributed by atoms with Crippen LogP contribution in [0.5, 0.6) is 5.88 Å². The van der Waals surface area contributed by atoms with Crippen molar-refractivity contribution in [1.82, 2.24) is 25.2 Å². The number of carbonyl (C=O) groups excluding carboxylic acids is 3. The summed E-state index contributed by atoms with van der Waals surface area (Å²) in [6.07, 6.45) is 1.58.